The monoisotopic (exact) mass is 346 g/mol. The van der Waals surface area contributed by atoms with Gasteiger partial charge in [0.1, 0.15) is 0 Å². The van der Waals surface area contributed by atoms with E-state index in [1.165, 1.54) is 0 Å². The SMILES string of the molecule is Cc1nn(C)c(CN2CCN(C3CCS(=O)(=O)C3)CC2)c1Cl. The molecular formula is C14H23ClN4O2S. The molecule has 1 atom stereocenters. The van der Waals surface area contributed by atoms with E-state index < -0.39 is 9.84 Å². The summed E-state index contributed by atoms with van der Waals surface area (Å²) in [6.45, 7) is 6.45. The van der Waals surface area contributed by atoms with Crippen molar-refractivity contribution in [3.05, 3.63) is 16.4 Å². The molecule has 0 N–H and O–H groups in total. The first-order valence-corrected chi connectivity index (χ1v) is 9.90. The van der Waals surface area contributed by atoms with Crippen molar-refractivity contribution in [3.63, 3.8) is 0 Å². The molecular weight excluding hydrogens is 324 g/mol. The van der Waals surface area contributed by atoms with E-state index in [2.05, 4.69) is 14.9 Å². The van der Waals surface area contributed by atoms with Crippen molar-refractivity contribution in [3.8, 4) is 0 Å². The Morgan fingerprint density at radius 3 is 2.45 bits per heavy atom. The van der Waals surface area contributed by atoms with Crippen LogP contribution in [0.2, 0.25) is 5.02 Å². The lowest BCUT2D eigenvalue weighted by atomic mass is 10.2. The molecule has 124 valence electrons. The number of aromatic nitrogens is 2. The summed E-state index contributed by atoms with van der Waals surface area (Å²) < 4.78 is 25.1. The number of rotatable bonds is 3. The predicted molar refractivity (Wildman–Crippen MR) is 86.9 cm³/mol. The van der Waals surface area contributed by atoms with Crippen LogP contribution in [0.1, 0.15) is 17.8 Å². The molecule has 1 aromatic rings. The van der Waals surface area contributed by atoms with E-state index in [0.717, 1.165) is 55.6 Å². The van der Waals surface area contributed by atoms with Gasteiger partial charge in [-0.2, -0.15) is 5.10 Å². The Hall–Kier alpha value is -0.630. The first-order valence-electron chi connectivity index (χ1n) is 7.70. The zero-order valence-electron chi connectivity index (χ0n) is 13.1. The van der Waals surface area contributed by atoms with Crippen LogP contribution in [0, 0.1) is 6.92 Å². The summed E-state index contributed by atoms with van der Waals surface area (Å²) in [6, 6.07) is 0.217. The second-order valence-electron chi connectivity index (χ2n) is 6.34. The van der Waals surface area contributed by atoms with E-state index in [0.29, 0.717) is 11.5 Å². The fourth-order valence-electron chi connectivity index (χ4n) is 3.41. The summed E-state index contributed by atoms with van der Waals surface area (Å²) in [6.07, 6.45) is 0.787. The topological polar surface area (TPSA) is 58.4 Å². The number of aryl methyl sites for hydroxylation is 2. The lowest BCUT2D eigenvalue weighted by molar-refractivity contribution is 0.0985. The van der Waals surface area contributed by atoms with Crippen LogP contribution in [0.3, 0.4) is 0 Å². The molecule has 0 aromatic carbocycles. The summed E-state index contributed by atoms with van der Waals surface area (Å²) in [4.78, 5) is 4.69. The van der Waals surface area contributed by atoms with Crippen LogP contribution in [0.25, 0.3) is 0 Å². The Morgan fingerprint density at radius 2 is 1.95 bits per heavy atom. The highest BCUT2D eigenvalue weighted by atomic mass is 35.5. The van der Waals surface area contributed by atoms with Gasteiger partial charge in [0.25, 0.3) is 0 Å². The molecule has 2 fully saturated rings. The second kappa shape index (κ2) is 6.11. The third-order valence-electron chi connectivity index (χ3n) is 4.77. The smallest absolute Gasteiger partial charge is 0.151 e. The maximum absolute atomic E-state index is 11.6. The molecule has 22 heavy (non-hydrogen) atoms. The largest absolute Gasteiger partial charge is 0.297 e. The van der Waals surface area contributed by atoms with Gasteiger partial charge in [0.15, 0.2) is 9.84 Å². The molecule has 0 saturated carbocycles. The second-order valence-corrected chi connectivity index (χ2v) is 8.95. The fraction of sp³-hybridized carbons (Fsp3) is 0.786. The average Bonchev–Trinajstić information content (AvgIpc) is 2.94. The van der Waals surface area contributed by atoms with Crippen LogP contribution in [-0.2, 0) is 23.4 Å². The van der Waals surface area contributed by atoms with Crippen LogP contribution in [0.5, 0.6) is 0 Å². The Kier molecular flexibility index (Phi) is 4.51. The quantitative estimate of drug-likeness (QED) is 0.806. The third kappa shape index (κ3) is 3.32. The highest BCUT2D eigenvalue weighted by Gasteiger charge is 2.33. The van der Waals surface area contributed by atoms with Crippen molar-refractivity contribution in [1.82, 2.24) is 19.6 Å². The normalized spacial score (nSPS) is 26.6. The van der Waals surface area contributed by atoms with Crippen molar-refractivity contribution in [2.45, 2.75) is 25.9 Å². The van der Waals surface area contributed by atoms with Gasteiger partial charge in [-0.25, -0.2) is 8.42 Å². The predicted octanol–water partition coefficient (Wildman–Crippen LogP) is 0.687. The highest BCUT2D eigenvalue weighted by Crippen LogP contribution is 2.23. The lowest BCUT2D eigenvalue weighted by Gasteiger charge is -2.37. The van der Waals surface area contributed by atoms with E-state index in [-0.39, 0.29) is 6.04 Å². The molecule has 0 spiro atoms. The number of hydrogen-bond donors (Lipinski definition) is 0. The molecule has 3 rings (SSSR count). The Morgan fingerprint density at radius 1 is 1.27 bits per heavy atom. The van der Waals surface area contributed by atoms with Crippen LogP contribution < -0.4 is 0 Å². The zero-order chi connectivity index (χ0) is 15.9. The molecule has 1 aromatic heterocycles. The molecule has 2 aliphatic rings. The maximum atomic E-state index is 11.6. The zero-order valence-corrected chi connectivity index (χ0v) is 14.7. The van der Waals surface area contributed by atoms with Crippen molar-refractivity contribution in [2.24, 2.45) is 7.05 Å². The molecule has 2 saturated heterocycles. The first kappa shape index (κ1) is 16.2. The van der Waals surface area contributed by atoms with Crippen LogP contribution in [0.15, 0.2) is 0 Å². The summed E-state index contributed by atoms with van der Waals surface area (Å²) in [5.41, 5.74) is 1.92. The van der Waals surface area contributed by atoms with Gasteiger partial charge >= 0.3 is 0 Å². The standard InChI is InChI=1S/C14H23ClN4O2S/c1-11-14(15)13(17(2)16-11)9-18-4-6-19(7-5-18)12-3-8-22(20,21)10-12/h12H,3-10H2,1-2H3. The molecule has 0 radical (unpaired) electrons. The minimum atomic E-state index is -2.80. The average molecular weight is 347 g/mol. The van der Waals surface area contributed by atoms with Crippen molar-refractivity contribution >= 4 is 21.4 Å². The highest BCUT2D eigenvalue weighted by molar-refractivity contribution is 7.91. The minimum Gasteiger partial charge on any atom is -0.297 e. The van der Waals surface area contributed by atoms with Gasteiger partial charge < -0.3 is 0 Å². The Balaban J connectivity index is 1.56. The summed E-state index contributed by atoms with van der Waals surface area (Å²) in [5, 5.41) is 5.11. The van der Waals surface area contributed by atoms with Gasteiger partial charge in [-0.1, -0.05) is 11.6 Å². The number of halogens is 1. The number of hydrogen-bond acceptors (Lipinski definition) is 5. The molecule has 0 bridgehead atoms. The number of piperazine rings is 1. The van der Waals surface area contributed by atoms with Crippen molar-refractivity contribution in [2.75, 3.05) is 37.7 Å². The van der Waals surface area contributed by atoms with Crippen molar-refractivity contribution < 1.29 is 8.42 Å². The first-order chi connectivity index (χ1) is 10.4. The molecule has 8 heteroatoms. The fourth-order valence-corrected chi connectivity index (χ4v) is 5.40. The van der Waals surface area contributed by atoms with Crippen molar-refractivity contribution in [1.29, 1.82) is 0 Å². The number of sulfone groups is 1. The van der Waals surface area contributed by atoms with Gasteiger partial charge in [0.2, 0.25) is 0 Å². The van der Waals surface area contributed by atoms with E-state index in [9.17, 15) is 8.42 Å². The van der Waals surface area contributed by atoms with E-state index in [4.69, 9.17) is 11.6 Å². The molecule has 6 nitrogen and oxygen atoms in total. The minimum absolute atomic E-state index is 0.217. The van der Waals surface area contributed by atoms with Crippen LogP contribution in [0.4, 0.5) is 0 Å². The van der Waals surface area contributed by atoms with Gasteiger partial charge in [-0.15, -0.1) is 0 Å². The Bertz CT molecular complexity index is 650. The molecule has 2 aliphatic heterocycles. The van der Waals surface area contributed by atoms with Crippen LogP contribution in [-0.4, -0.2) is 71.7 Å². The molecule has 0 aliphatic carbocycles. The molecule has 3 heterocycles. The Labute approximate surface area is 136 Å². The molecule has 1 unspecified atom stereocenters. The number of nitrogens with zero attached hydrogens (tertiary/aromatic N) is 4. The van der Waals surface area contributed by atoms with E-state index >= 15 is 0 Å². The summed E-state index contributed by atoms with van der Waals surface area (Å²) in [5.74, 6) is 0.682. The van der Waals surface area contributed by atoms with Gasteiger partial charge in [0, 0.05) is 45.8 Å². The van der Waals surface area contributed by atoms with Gasteiger partial charge in [-0.3, -0.25) is 14.5 Å². The summed E-state index contributed by atoms with van der Waals surface area (Å²) >= 11 is 6.31. The lowest BCUT2D eigenvalue weighted by Crippen LogP contribution is -2.50. The third-order valence-corrected chi connectivity index (χ3v) is 7.01. The van der Waals surface area contributed by atoms with E-state index in [1.54, 1.807) is 0 Å². The summed E-state index contributed by atoms with van der Waals surface area (Å²) in [7, 11) is -0.875. The van der Waals surface area contributed by atoms with Crippen LogP contribution >= 0.6 is 11.6 Å². The molecule has 0 amide bonds. The van der Waals surface area contributed by atoms with Gasteiger partial charge in [-0.05, 0) is 13.3 Å². The van der Waals surface area contributed by atoms with E-state index in [1.807, 2.05) is 18.7 Å². The maximum Gasteiger partial charge on any atom is 0.151 e. The van der Waals surface area contributed by atoms with Gasteiger partial charge in [0.05, 0.1) is 27.9 Å².